The standard InChI is InChI=1S/C32H28F2O2S/c1-3-29(31(35)23-17-13-21(14-18-23)25-9-5-7-11-27(25)33)37-30(4-2)32(36)24-19-15-22(16-20-24)26-10-6-8-12-28(26)34/h5-20,29-30H,3-4H2,1-2H3. The van der Waals surface area contributed by atoms with Gasteiger partial charge in [-0.3, -0.25) is 9.59 Å². The van der Waals surface area contributed by atoms with Gasteiger partial charge < -0.3 is 0 Å². The van der Waals surface area contributed by atoms with Crippen LogP contribution in [0, 0.1) is 11.6 Å². The number of hydrogen-bond donors (Lipinski definition) is 0. The van der Waals surface area contributed by atoms with Crippen LogP contribution in [0.1, 0.15) is 47.4 Å². The van der Waals surface area contributed by atoms with E-state index in [1.165, 1.54) is 23.9 Å². The second-order valence-electron chi connectivity index (χ2n) is 8.77. The lowest BCUT2D eigenvalue weighted by Gasteiger charge is -2.20. The predicted molar refractivity (Wildman–Crippen MR) is 148 cm³/mol. The van der Waals surface area contributed by atoms with Crippen molar-refractivity contribution in [2.45, 2.75) is 37.2 Å². The molecule has 5 heteroatoms. The molecule has 37 heavy (non-hydrogen) atoms. The van der Waals surface area contributed by atoms with Crippen LogP contribution >= 0.6 is 11.8 Å². The summed E-state index contributed by atoms with van der Waals surface area (Å²) in [6.07, 6.45) is 1.16. The summed E-state index contributed by atoms with van der Waals surface area (Å²) < 4.78 is 28.2. The molecule has 0 saturated carbocycles. The summed E-state index contributed by atoms with van der Waals surface area (Å²) in [5.74, 6) is -0.716. The molecule has 2 unspecified atom stereocenters. The number of rotatable bonds is 10. The molecule has 4 rings (SSSR count). The Labute approximate surface area is 220 Å². The Balaban J connectivity index is 1.47. The smallest absolute Gasteiger partial charge is 0.175 e. The van der Waals surface area contributed by atoms with Crippen LogP contribution in [-0.4, -0.2) is 22.1 Å². The summed E-state index contributed by atoms with van der Waals surface area (Å²) in [7, 11) is 0. The van der Waals surface area contributed by atoms with Gasteiger partial charge in [0.05, 0.1) is 10.5 Å². The van der Waals surface area contributed by atoms with Crippen molar-refractivity contribution in [2.75, 3.05) is 0 Å². The molecule has 0 fully saturated rings. The number of carbonyl (C=O) groups excluding carboxylic acids is 2. The quantitative estimate of drug-likeness (QED) is 0.199. The molecule has 0 aliphatic heterocycles. The molecule has 0 spiro atoms. The summed E-state index contributed by atoms with van der Waals surface area (Å²) in [6.45, 7) is 3.87. The molecule has 0 bridgehead atoms. The maximum atomic E-state index is 14.1. The van der Waals surface area contributed by atoms with E-state index in [1.54, 1.807) is 84.9 Å². The normalized spacial score (nSPS) is 12.6. The maximum absolute atomic E-state index is 14.1. The summed E-state index contributed by atoms with van der Waals surface area (Å²) >= 11 is 1.38. The molecule has 0 aliphatic rings. The van der Waals surface area contributed by atoms with E-state index in [0.717, 1.165) is 0 Å². The molecule has 0 amide bonds. The molecule has 0 radical (unpaired) electrons. The Hall–Kier alpha value is -3.57. The highest BCUT2D eigenvalue weighted by Crippen LogP contribution is 2.31. The number of hydrogen-bond acceptors (Lipinski definition) is 3. The Bertz CT molecular complexity index is 1270. The first kappa shape index (κ1) is 26.5. The summed E-state index contributed by atoms with van der Waals surface area (Å²) in [5.41, 5.74) is 3.46. The van der Waals surface area contributed by atoms with Crippen LogP contribution in [0.25, 0.3) is 22.3 Å². The van der Waals surface area contributed by atoms with Crippen LogP contribution in [0.15, 0.2) is 97.1 Å². The van der Waals surface area contributed by atoms with E-state index < -0.39 is 0 Å². The third kappa shape index (κ3) is 6.05. The van der Waals surface area contributed by atoms with Crippen LogP contribution in [-0.2, 0) is 0 Å². The van der Waals surface area contributed by atoms with Gasteiger partial charge in [-0.15, -0.1) is 11.8 Å². The van der Waals surface area contributed by atoms with E-state index in [2.05, 4.69) is 0 Å². The molecule has 0 heterocycles. The van der Waals surface area contributed by atoms with Crippen molar-refractivity contribution in [3.8, 4) is 22.3 Å². The summed E-state index contributed by atoms with van der Waals surface area (Å²) in [5, 5.41) is -0.767. The Kier molecular flexibility index (Phi) is 8.67. The zero-order valence-corrected chi connectivity index (χ0v) is 21.6. The molecule has 2 nitrogen and oxygen atoms in total. The van der Waals surface area contributed by atoms with E-state index in [0.29, 0.717) is 46.2 Å². The van der Waals surface area contributed by atoms with Gasteiger partial charge in [-0.2, -0.15) is 0 Å². The van der Waals surface area contributed by atoms with Gasteiger partial charge in [0.2, 0.25) is 0 Å². The first-order chi connectivity index (χ1) is 17.9. The van der Waals surface area contributed by atoms with Crippen molar-refractivity contribution >= 4 is 23.3 Å². The molecule has 0 aromatic heterocycles. The third-order valence-electron chi connectivity index (χ3n) is 6.36. The van der Waals surface area contributed by atoms with Crippen molar-refractivity contribution in [3.05, 3.63) is 120 Å². The fourth-order valence-electron chi connectivity index (χ4n) is 4.28. The van der Waals surface area contributed by atoms with Crippen LogP contribution in [0.4, 0.5) is 8.78 Å². The van der Waals surface area contributed by atoms with E-state index in [-0.39, 0.29) is 33.7 Å². The van der Waals surface area contributed by atoms with Crippen LogP contribution in [0.2, 0.25) is 0 Å². The van der Waals surface area contributed by atoms with E-state index in [9.17, 15) is 18.4 Å². The number of carbonyl (C=O) groups is 2. The zero-order valence-electron chi connectivity index (χ0n) is 20.8. The minimum atomic E-state index is -0.383. The Morgan fingerprint density at radius 2 is 0.946 bits per heavy atom. The largest absolute Gasteiger partial charge is 0.293 e. The number of halogens is 2. The van der Waals surface area contributed by atoms with Crippen molar-refractivity contribution in [1.82, 2.24) is 0 Å². The van der Waals surface area contributed by atoms with E-state index in [1.807, 2.05) is 13.8 Å². The molecule has 2 atom stereocenters. The van der Waals surface area contributed by atoms with Crippen molar-refractivity contribution < 1.29 is 18.4 Å². The van der Waals surface area contributed by atoms with Gasteiger partial charge in [-0.25, -0.2) is 8.78 Å². The molecule has 4 aromatic carbocycles. The fourth-order valence-corrected chi connectivity index (χ4v) is 5.58. The lowest BCUT2D eigenvalue weighted by atomic mass is 10.0. The second-order valence-corrected chi connectivity index (χ2v) is 10.2. The van der Waals surface area contributed by atoms with Gasteiger partial charge in [0.15, 0.2) is 11.6 Å². The topological polar surface area (TPSA) is 34.1 Å². The lowest BCUT2D eigenvalue weighted by molar-refractivity contribution is 0.0986. The molecule has 188 valence electrons. The molecular formula is C32H28F2O2S. The fraction of sp³-hybridized carbons (Fsp3) is 0.188. The van der Waals surface area contributed by atoms with Crippen LogP contribution in [0.5, 0.6) is 0 Å². The predicted octanol–water partition coefficient (Wildman–Crippen LogP) is 8.65. The lowest BCUT2D eigenvalue weighted by Crippen LogP contribution is -2.25. The SMILES string of the molecule is CCC(SC(CC)C(=O)c1ccc(-c2ccccc2F)cc1)C(=O)c1ccc(-c2ccccc2F)cc1. The average molecular weight is 515 g/mol. The number of benzene rings is 4. The number of thioether (sulfide) groups is 1. The minimum absolute atomic E-state index is 0.0475. The van der Waals surface area contributed by atoms with Gasteiger partial charge in [0.25, 0.3) is 0 Å². The number of Topliss-reactive ketones (excluding diaryl/α,β-unsaturated/α-hetero) is 2. The highest BCUT2D eigenvalue weighted by atomic mass is 32.2. The van der Waals surface area contributed by atoms with Gasteiger partial charge >= 0.3 is 0 Å². The molecule has 4 aromatic rings. The molecule has 0 saturated heterocycles. The average Bonchev–Trinajstić information content (AvgIpc) is 2.94. The monoisotopic (exact) mass is 514 g/mol. The first-order valence-electron chi connectivity index (χ1n) is 12.4. The highest BCUT2D eigenvalue weighted by molar-refractivity contribution is 8.02. The highest BCUT2D eigenvalue weighted by Gasteiger charge is 2.27. The molecule has 0 aliphatic carbocycles. The second kappa shape index (κ2) is 12.1. The van der Waals surface area contributed by atoms with E-state index >= 15 is 0 Å². The third-order valence-corrected chi connectivity index (χ3v) is 8.12. The van der Waals surface area contributed by atoms with Gasteiger partial charge in [0, 0.05) is 22.3 Å². The van der Waals surface area contributed by atoms with Gasteiger partial charge in [-0.1, -0.05) is 98.8 Å². The van der Waals surface area contributed by atoms with Gasteiger partial charge in [0.1, 0.15) is 11.6 Å². The summed E-state index contributed by atoms with van der Waals surface area (Å²) in [4.78, 5) is 26.6. The first-order valence-corrected chi connectivity index (χ1v) is 13.3. The minimum Gasteiger partial charge on any atom is -0.293 e. The van der Waals surface area contributed by atoms with Crippen LogP contribution < -0.4 is 0 Å². The van der Waals surface area contributed by atoms with Gasteiger partial charge in [-0.05, 0) is 36.1 Å². The van der Waals surface area contributed by atoms with Crippen molar-refractivity contribution in [3.63, 3.8) is 0 Å². The summed E-state index contributed by atoms with van der Waals surface area (Å²) in [6, 6.07) is 27.0. The van der Waals surface area contributed by atoms with Crippen molar-refractivity contribution in [2.24, 2.45) is 0 Å². The zero-order chi connectivity index (χ0) is 26.4. The maximum Gasteiger partial charge on any atom is 0.175 e. The Morgan fingerprint density at radius 1 is 0.595 bits per heavy atom. The molecule has 0 N–H and O–H groups in total. The molecular weight excluding hydrogens is 486 g/mol. The van der Waals surface area contributed by atoms with E-state index in [4.69, 9.17) is 0 Å². The number of ketones is 2. The van der Waals surface area contributed by atoms with Crippen LogP contribution in [0.3, 0.4) is 0 Å². The Morgan fingerprint density at radius 3 is 1.27 bits per heavy atom. The van der Waals surface area contributed by atoms with Crippen molar-refractivity contribution in [1.29, 1.82) is 0 Å².